The third-order valence-corrected chi connectivity index (χ3v) is 4.02. The Labute approximate surface area is 110 Å². The first-order valence-electron chi connectivity index (χ1n) is 6.66. The maximum atomic E-state index is 5.43. The van der Waals surface area contributed by atoms with Gasteiger partial charge in [0, 0.05) is 19.6 Å². The van der Waals surface area contributed by atoms with Crippen molar-refractivity contribution in [2.75, 3.05) is 46.9 Å². The SMILES string of the molecule is CN(C)C(C)(CN1CCOCC1)c1ccccc1. The molecule has 0 aromatic heterocycles. The fourth-order valence-corrected chi connectivity index (χ4v) is 2.48. The first-order chi connectivity index (χ1) is 8.63. The Morgan fingerprint density at radius 1 is 1.17 bits per heavy atom. The van der Waals surface area contributed by atoms with E-state index >= 15 is 0 Å². The van der Waals surface area contributed by atoms with Crippen molar-refractivity contribution in [3.05, 3.63) is 35.9 Å². The van der Waals surface area contributed by atoms with Crippen LogP contribution in [0.5, 0.6) is 0 Å². The van der Waals surface area contributed by atoms with Crippen molar-refractivity contribution in [1.29, 1.82) is 0 Å². The minimum atomic E-state index is 0.0542. The van der Waals surface area contributed by atoms with Crippen LogP contribution in [-0.4, -0.2) is 56.7 Å². The number of rotatable bonds is 4. The molecule has 0 aliphatic carbocycles. The zero-order valence-corrected chi connectivity index (χ0v) is 11.7. The van der Waals surface area contributed by atoms with Gasteiger partial charge in [0.25, 0.3) is 0 Å². The van der Waals surface area contributed by atoms with Gasteiger partial charge in [-0.25, -0.2) is 0 Å². The lowest BCUT2D eigenvalue weighted by molar-refractivity contribution is 0.00886. The average molecular weight is 248 g/mol. The highest BCUT2D eigenvalue weighted by Gasteiger charge is 2.31. The summed E-state index contributed by atoms with van der Waals surface area (Å²) in [5.41, 5.74) is 1.43. The summed E-state index contributed by atoms with van der Waals surface area (Å²) < 4.78 is 5.43. The van der Waals surface area contributed by atoms with E-state index in [4.69, 9.17) is 4.74 Å². The lowest BCUT2D eigenvalue weighted by atomic mass is 9.90. The molecular formula is C15H24N2O. The minimum absolute atomic E-state index is 0.0542. The fraction of sp³-hybridized carbons (Fsp3) is 0.600. The van der Waals surface area contributed by atoms with Crippen LogP contribution in [-0.2, 0) is 10.3 Å². The molecule has 0 N–H and O–H groups in total. The molecule has 0 bridgehead atoms. The molecule has 1 aliphatic heterocycles. The Kier molecular flexibility index (Phi) is 4.38. The quantitative estimate of drug-likeness (QED) is 0.808. The second kappa shape index (κ2) is 5.83. The van der Waals surface area contributed by atoms with Crippen LogP contribution in [0.3, 0.4) is 0 Å². The second-order valence-corrected chi connectivity index (χ2v) is 5.42. The van der Waals surface area contributed by atoms with Gasteiger partial charge in [-0.1, -0.05) is 30.3 Å². The molecule has 1 atom stereocenters. The van der Waals surface area contributed by atoms with Crippen molar-refractivity contribution in [3.8, 4) is 0 Å². The van der Waals surface area contributed by atoms with Gasteiger partial charge in [-0.15, -0.1) is 0 Å². The third kappa shape index (κ3) is 2.91. The molecule has 3 nitrogen and oxygen atoms in total. The lowest BCUT2D eigenvalue weighted by Crippen LogP contribution is -2.51. The number of hydrogen-bond donors (Lipinski definition) is 0. The molecule has 1 aliphatic rings. The van der Waals surface area contributed by atoms with Gasteiger partial charge in [-0.2, -0.15) is 0 Å². The Balaban J connectivity index is 2.16. The molecule has 1 fully saturated rings. The first kappa shape index (κ1) is 13.5. The molecule has 1 heterocycles. The Morgan fingerprint density at radius 3 is 2.33 bits per heavy atom. The summed E-state index contributed by atoms with van der Waals surface area (Å²) >= 11 is 0. The van der Waals surface area contributed by atoms with E-state index < -0.39 is 0 Å². The Hall–Kier alpha value is -0.900. The van der Waals surface area contributed by atoms with E-state index in [-0.39, 0.29) is 5.54 Å². The Bertz CT molecular complexity index is 360. The first-order valence-corrected chi connectivity index (χ1v) is 6.66. The van der Waals surface area contributed by atoms with Gasteiger partial charge < -0.3 is 4.74 Å². The number of nitrogens with zero attached hydrogens (tertiary/aromatic N) is 2. The number of hydrogen-bond acceptors (Lipinski definition) is 3. The van der Waals surface area contributed by atoms with E-state index in [1.807, 2.05) is 0 Å². The molecule has 1 aromatic carbocycles. The lowest BCUT2D eigenvalue weighted by Gasteiger charge is -2.42. The van der Waals surface area contributed by atoms with Gasteiger partial charge in [0.1, 0.15) is 0 Å². The molecule has 1 unspecified atom stereocenters. The van der Waals surface area contributed by atoms with Crippen LogP contribution in [0.2, 0.25) is 0 Å². The molecule has 1 saturated heterocycles. The van der Waals surface area contributed by atoms with Crippen molar-refractivity contribution >= 4 is 0 Å². The molecule has 100 valence electrons. The largest absolute Gasteiger partial charge is 0.379 e. The molecular weight excluding hydrogens is 224 g/mol. The van der Waals surface area contributed by atoms with E-state index in [0.29, 0.717) is 0 Å². The molecule has 0 spiro atoms. The molecule has 0 radical (unpaired) electrons. The molecule has 0 amide bonds. The summed E-state index contributed by atoms with van der Waals surface area (Å²) in [4.78, 5) is 4.81. The topological polar surface area (TPSA) is 15.7 Å². The van der Waals surface area contributed by atoms with Gasteiger partial charge in [0.2, 0.25) is 0 Å². The van der Waals surface area contributed by atoms with Crippen LogP contribution in [0, 0.1) is 0 Å². The molecule has 3 heteroatoms. The highest BCUT2D eigenvalue weighted by atomic mass is 16.5. The maximum Gasteiger partial charge on any atom is 0.0594 e. The van der Waals surface area contributed by atoms with Crippen LogP contribution in [0.15, 0.2) is 30.3 Å². The van der Waals surface area contributed by atoms with Crippen LogP contribution < -0.4 is 0 Å². The van der Waals surface area contributed by atoms with Crippen molar-refractivity contribution in [1.82, 2.24) is 9.80 Å². The van der Waals surface area contributed by atoms with E-state index in [1.54, 1.807) is 0 Å². The van der Waals surface area contributed by atoms with Crippen LogP contribution in [0.4, 0.5) is 0 Å². The summed E-state index contributed by atoms with van der Waals surface area (Å²) in [5.74, 6) is 0. The summed E-state index contributed by atoms with van der Waals surface area (Å²) in [6.45, 7) is 7.16. The predicted molar refractivity (Wildman–Crippen MR) is 74.7 cm³/mol. The van der Waals surface area contributed by atoms with Crippen LogP contribution in [0.1, 0.15) is 12.5 Å². The summed E-state index contributed by atoms with van der Waals surface area (Å²) in [5, 5.41) is 0. The highest BCUT2D eigenvalue weighted by Crippen LogP contribution is 2.27. The smallest absolute Gasteiger partial charge is 0.0594 e. The maximum absolute atomic E-state index is 5.43. The van der Waals surface area contributed by atoms with Gasteiger partial charge in [0.05, 0.1) is 18.8 Å². The fourth-order valence-electron chi connectivity index (χ4n) is 2.48. The summed E-state index contributed by atoms with van der Waals surface area (Å²) in [6.07, 6.45) is 0. The van der Waals surface area contributed by atoms with Gasteiger partial charge >= 0.3 is 0 Å². The average Bonchev–Trinajstić information content (AvgIpc) is 2.40. The van der Waals surface area contributed by atoms with Gasteiger partial charge in [-0.3, -0.25) is 9.80 Å². The van der Waals surface area contributed by atoms with Crippen molar-refractivity contribution in [2.45, 2.75) is 12.5 Å². The van der Waals surface area contributed by atoms with E-state index in [2.05, 4.69) is 61.2 Å². The molecule has 0 saturated carbocycles. The molecule has 2 rings (SSSR count). The van der Waals surface area contributed by atoms with E-state index in [9.17, 15) is 0 Å². The zero-order chi connectivity index (χ0) is 13.0. The normalized spacial score (nSPS) is 20.9. The van der Waals surface area contributed by atoms with Crippen molar-refractivity contribution < 1.29 is 4.74 Å². The van der Waals surface area contributed by atoms with Gasteiger partial charge in [-0.05, 0) is 26.6 Å². The summed E-state index contributed by atoms with van der Waals surface area (Å²) in [6, 6.07) is 10.8. The highest BCUT2D eigenvalue weighted by molar-refractivity contribution is 5.24. The van der Waals surface area contributed by atoms with Crippen molar-refractivity contribution in [3.63, 3.8) is 0 Å². The Morgan fingerprint density at radius 2 is 1.78 bits per heavy atom. The standard InChI is InChI=1S/C15H24N2O/c1-15(16(2)3,14-7-5-4-6-8-14)13-17-9-11-18-12-10-17/h4-8H,9-13H2,1-3H3. The van der Waals surface area contributed by atoms with Crippen molar-refractivity contribution in [2.24, 2.45) is 0 Å². The van der Waals surface area contributed by atoms with E-state index in [1.165, 1.54) is 5.56 Å². The second-order valence-electron chi connectivity index (χ2n) is 5.42. The minimum Gasteiger partial charge on any atom is -0.379 e. The molecule has 18 heavy (non-hydrogen) atoms. The van der Waals surface area contributed by atoms with Gasteiger partial charge in [0.15, 0.2) is 0 Å². The number of ether oxygens (including phenoxy) is 1. The third-order valence-electron chi connectivity index (χ3n) is 4.02. The summed E-state index contributed by atoms with van der Waals surface area (Å²) in [7, 11) is 4.32. The predicted octanol–water partition coefficient (Wildman–Crippen LogP) is 1.80. The number of morpholine rings is 1. The monoisotopic (exact) mass is 248 g/mol. The number of likely N-dealkylation sites (N-methyl/N-ethyl adjacent to an activating group) is 1. The molecule has 1 aromatic rings. The number of benzene rings is 1. The van der Waals surface area contributed by atoms with E-state index in [0.717, 1.165) is 32.8 Å². The van der Waals surface area contributed by atoms with Crippen LogP contribution >= 0.6 is 0 Å². The zero-order valence-electron chi connectivity index (χ0n) is 11.7. The van der Waals surface area contributed by atoms with Crippen LogP contribution in [0.25, 0.3) is 0 Å².